The minimum Gasteiger partial charge on any atom is -0.312 e. The molecule has 0 radical (unpaired) electrons. The van der Waals surface area contributed by atoms with Crippen molar-refractivity contribution in [3.63, 3.8) is 0 Å². The van der Waals surface area contributed by atoms with Crippen LogP contribution in [0, 0.1) is 0 Å². The van der Waals surface area contributed by atoms with Crippen molar-refractivity contribution in [2.75, 3.05) is 13.2 Å². The van der Waals surface area contributed by atoms with E-state index in [4.69, 9.17) is 0 Å². The number of alkyl halides is 1. The molecule has 0 rings (SSSR count). The van der Waals surface area contributed by atoms with E-state index in [-0.39, 0.29) is 6.67 Å². The van der Waals surface area contributed by atoms with Crippen LogP contribution in [0.4, 0.5) is 4.39 Å². The molecule has 0 aliphatic heterocycles. The summed E-state index contributed by atoms with van der Waals surface area (Å²) in [6.07, 6.45) is 1.07. The van der Waals surface area contributed by atoms with E-state index in [1.165, 1.54) is 0 Å². The molecular formula is C6H14FN. The van der Waals surface area contributed by atoms with Crippen molar-refractivity contribution in [3.8, 4) is 0 Å². The fourth-order valence-corrected chi connectivity index (χ4v) is 0.445. The predicted molar refractivity (Wildman–Crippen MR) is 33.7 cm³/mol. The van der Waals surface area contributed by atoms with Crippen LogP contribution in [0.3, 0.4) is 0 Å². The van der Waals surface area contributed by atoms with Crippen LogP contribution >= 0.6 is 0 Å². The Bertz CT molecular complexity index is 47.8. The van der Waals surface area contributed by atoms with Crippen LogP contribution in [0.2, 0.25) is 0 Å². The molecule has 8 heavy (non-hydrogen) atoms. The highest BCUT2D eigenvalue weighted by Crippen LogP contribution is 1.85. The second kappa shape index (κ2) is 5.04. The van der Waals surface area contributed by atoms with Gasteiger partial charge in [0.25, 0.3) is 0 Å². The zero-order valence-electron chi connectivity index (χ0n) is 5.58. The summed E-state index contributed by atoms with van der Waals surface area (Å²) in [6.45, 7) is 4.37. The van der Waals surface area contributed by atoms with Crippen LogP contribution in [-0.2, 0) is 0 Å². The zero-order valence-corrected chi connectivity index (χ0v) is 5.58. The maximum atomic E-state index is 11.4. The molecule has 0 aromatic rings. The lowest BCUT2D eigenvalue weighted by atomic mass is 10.3. The minimum atomic E-state index is -0.260. The van der Waals surface area contributed by atoms with E-state index in [0.29, 0.717) is 12.6 Å². The SMILES string of the molecule is CCC(C)NCCF. The molecule has 0 aromatic carbocycles. The fourth-order valence-electron chi connectivity index (χ4n) is 0.445. The maximum absolute atomic E-state index is 11.4. The second-order valence-electron chi connectivity index (χ2n) is 1.95. The smallest absolute Gasteiger partial charge is 0.102 e. The molecule has 1 atom stereocenters. The van der Waals surface area contributed by atoms with Crippen LogP contribution in [0.1, 0.15) is 20.3 Å². The van der Waals surface area contributed by atoms with Gasteiger partial charge in [-0.2, -0.15) is 0 Å². The third-order valence-electron chi connectivity index (χ3n) is 1.20. The van der Waals surface area contributed by atoms with Gasteiger partial charge in [0, 0.05) is 12.6 Å². The van der Waals surface area contributed by atoms with Gasteiger partial charge >= 0.3 is 0 Å². The van der Waals surface area contributed by atoms with Gasteiger partial charge in [-0.25, -0.2) is 4.39 Å². The summed E-state index contributed by atoms with van der Waals surface area (Å²) >= 11 is 0. The third-order valence-corrected chi connectivity index (χ3v) is 1.20. The van der Waals surface area contributed by atoms with Gasteiger partial charge in [0.15, 0.2) is 0 Å². The normalized spacial score (nSPS) is 13.9. The van der Waals surface area contributed by atoms with Crippen molar-refractivity contribution >= 4 is 0 Å². The zero-order chi connectivity index (χ0) is 6.41. The molecule has 0 heterocycles. The molecule has 0 saturated carbocycles. The average Bonchev–Trinajstić information content (AvgIpc) is 1.83. The first-order chi connectivity index (χ1) is 3.81. The summed E-state index contributed by atoms with van der Waals surface area (Å²) in [6, 6.07) is 0.464. The molecule has 0 bridgehead atoms. The van der Waals surface area contributed by atoms with Crippen molar-refractivity contribution in [2.45, 2.75) is 26.3 Å². The standard InChI is InChI=1S/C6H14FN/c1-3-6(2)8-5-4-7/h6,8H,3-5H2,1-2H3. The first kappa shape index (κ1) is 7.89. The summed E-state index contributed by atoms with van der Waals surface area (Å²) in [7, 11) is 0. The highest BCUT2D eigenvalue weighted by Gasteiger charge is 1.93. The Morgan fingerprint density at radius 2 is 2.25 bits per heavy atom. The minimum absolute atomic E-state index is 0.260. The number of halogens is 1. The van der Waals surface area contributed by atoms with Crippen molar-refractivity contribution in [1.29, 1.82) is 0 Å². The Kier molecular flexibility index (Phi) is 4.97. The Morgan fingerprint density at radius 1 is 1.62 bits per heavy atom. The highest BCUT2D eigenvalue weighted by molar-refractivity contribution is 4.55. The first-order valence-corrected chi connectivity index (χ1v) is 3.10. The van der Waals surface area contributed by atoms with Crippen LogP contribution in [0.15, 0.2) is 0 Å². The second-order valence-corrected chi connectivity index (χ2v) is 1.95. The molecule has 0 aliphatic carbocycles. The van der Waals surface area contributed by atoms with Crippen LogP contribution in [0.5, 0.6) is 0 Å². The van der Waals surface area contributed by atoms with E-state index in [1.807, 2.05) is 0 Å². The van der Waals surface area contributed by atoms with Crippen molar-refractivity contribution in [2.24, 2.45) is 0 Å². The van der Waals surface area contributed by atoms with Crippen LogP contribution in [-0.4, -0.2) is 19.3 Å². The van der Waals surface area contributed by atoms with E-state index >= 15 is 0 Å². The lowest BCUT2D eigenvalue weighted by Gasteiger charge is -2.07. The Hall–Kier alpha value is -0.110. The van der Waals surface area contributed by atoms with Gasteiger partial charge in [0.05, 0.1) is 0 Å². The summed E-state index contributed by atoms with van der Waals surface area (Å²) in [5, 5.41) is 3.01. The van der Waals surface area contributed by atoms with Gasteiger partial charge in [-0.3, -0.25) is 0 Å². The van der Waals surface area contributed by atoms with Gasteiger partial charge in [-0.1, -0.05) is 6.92 Å². The highest BCUT2D eigenvalue weighted by atomic mass is 19.1. The van der Waals surface area contributed by atoms with E-state index in [9.17, 15) is 4.39 Å². The molecule has 0 aromatic heterocycles. The van der Waals surface area contributed by atoms with Crippen LogP contribution < -0.4 is 5.32 Å². The van der Waals surface area contributed by atoms with Gasteiger partial charge in [-0.15, -0.1) is 0 Å². The van der Waals surface area contributed by atoms with E-state index in [2.05, 4.69) is 19.2 Å². The Balaban J connectivity index is 2.86. The summed E-state index contributed by atoms with van der Waals surface area (Å²) in [4.78, 5) is 0. The van der Waals surface area contributed by atoms with Gasteiger partial charge in [-0.05, 0) is 13.3 Å². The summed E-state index contributed by atoms with van der Waals surface area (Å²) < 4.78 is 11.4. The van der Waals surface area contributed by atoms with E-state index in [0.717, 1.165) is 6.42 Å². The van der Waals surface area contributed by atoms with Gasteiger partial charge in [0.1, 0.15) is 6.67 Å². The lowest BCUT2D eigenvalue weighted by Crippen LogP contribution is -2.26. The molecule has 50 valence electrons. The summed E-state index contributed by atoms with van der Waals surface area (Å²) in [5.74, 6) is 0. The van der Waals surface area contributed by atoms with E-state index in [1.54, 1.807) is 0 Å². The maximum Gasteiger partial charge on any atom is 0.102 e. The molecule has 0 amide bonds. The number of nitrogens with one attached hydrogen (secondary N) is 1. The molecule has 0 aliphatic rings. The van der Waals surface area contributed by atoms with E-state index < -0.39 is 0 Å². The topological polar surface area (TPSA) is 12.0 Å². The Morgan fingerprint density at radius 3 is 2.62 bits per heavy atom. The molecule has 1 N–H and O–H groups in total. The third kappa shape index (κ3) is 4.06. The van der Waals surface area contributed by atoms with Gasteiger partial charge < -0.3 is 5.32 Å². The average molecular weight is 119 g/mol. The Labute approximate surface area is 50.3 Å². The quantitative estimate of drug-likeness (QED) is 0.589. The summed E-state index contributed by atoms with van der Waals surface area (Å²) in [5.41, 5.74) is 0. The molecule has 0 fully saturated rings. The molecule has 0 saturated heterocycles. The monoisotopic (exact) mass is 119 g/mol. The van der Waals surface area contributed by atoms with Gasteiger partial charge in [0.2, 0.25) is 0 Å². The van der Waals surface area contributed by atoms with Crippen molar-refractivity contribution < 1.29 is 4.39 Å². The molecule has 0 spiro atoms. The molecule has 1 nitrogen and oxygen atoms in total. The molecule has 1 unspecified atom stereocenters. The van der Waals surface area contributed by atoms with Crippen molar-refractivity contribution in [1.82, 2.24) is 5.32 Å². The fraction of sp³-hybridized carbons (Fsp3) is 1.00. The largest absolute Gasteiger partial charge is 0.312 e. The van der Waals surface area contributed by atoms with Crippen molar-refractivity contribution in [3.05, 3.63) is 0 Å². The number of rotatable bonds is 4. The molecular weight excluding hydrogens is 105 g/mol. The first-order valence-electron chi connectivity index (χ1n) is 3.10. The van der Waals surface area contributed by atoms with Crippen LogP contribution in [0.25, 0.3) is 0 Å². The number of hydrogen-bond donors (Lipinski definition) is 1. The predicted octanol–water partition coefficient (Wildman–Crippen LogP) is 1.34. The molecule has 2 heteroatoms. The lowest BCUT2D eigenvalue weighted by molar-refractivity contribution is 0.435. The number of hydrogen-bond acceptors (Lipinski definition) is 1.